The summed E-state index contributed by atoms with van der Waals surface area (Å²) in [5.74, 6) is 0.791. The molecule has 1 heterocycles. The number of aromatic nitrogens is 2. The summed E-state index contributed by atoms with van der Waals surface area (Å²) in [6.07, 6.45) is 6.22. The Labute approximate surface area is 86.0 Å². The highest BCUT2D eigenvalue weighted by Crippen LogP contribution is 2.38. The van der Waals surface area contributed by atoms with Crippen molar-refractivity contribution >= 4 is 15.9 Å². The van der Waals surface area contributed by atoms with Crippen LogP contribution in [0.4, 0.5) is 0 Å². The predicted octanol–water partition coefficient (Wildman–Crippen LogP) is 3.05. The quantitative estimate of drug-likeness (QED) is 0.763. The summed E-state index contributed by atoms with van der Waals surface area (Å²) in [7, 11) is 0. The van der Waals surface area contributed by atoms with Gasteiger partial charge >= 0.3 is 0 Å². The fourth-order valence-electron chi connectivity index (χ4n) is 2.00. The third kappa shape index (κ3) is 1.77. The molecule has 1 fully saturated rings. The second kappa shape index (κ2) is 3.40. The number of halogens is 1. The molecule has 1 aliphatic carbocycles. The van der Waals surface area contributed by atoms with Crippen molar-refractivity contribution in [1.82, 2.24) is 10.1 Å². The highest BCUT2D eigenvalue weighted by molar-refractivity contribution is 9.10. The van der Waals surface area contributed by atoms with Crippen molar-refractivity contribution in [3.63, 3.8) is 0 Å². The van der Waals surface area contributed by atoms with Gasteiger partial charge in [-0.3, -0.25) is 0 Å². The molecule has 1 aromatic heterocycles. The Morgan fingerprint density at radius 2 is 2.00 bits per heavy atom. The van der Waals surface area contributed by atoms with E-state index >= 15 is 0 Å². The third-order valence-corrected chi connectivity index (χ3v) is 3.20. The summed E-state index contributed by atoms with van der Waals surface area (Å²) in [4.78, 5) is 4.24. The largest absolute Gasteiger partial charge is 0.338 e. The molecule has 0 amide bonds. The molecule has 3 nitrogen and oxygen atoms in total. The van der Waals surface area contributed by atoms with Crippen molar-refractivity contribution in [2.24, 2.45) is 0 Å². The van der Waals surface area contributed by atoms with Crippen LogP contribution in [-0.2, 0) is 5.41 Å². The van der Waals surface area contributed by atoms with Crippen molar-refractivity contribution in [2.75, 3.05) is 0 Å². The van der Waals surface area contributed by atoms with E-state index in [-0.39, 0.29) is 5.41 Å². The minimum absolute atomic E-state index is 0.122. The molecule has 1 saturated carbocycles. The van der Waals surface area contributed by atoms with Gasteiger partial charge in [0.1, 0.15) is 0 Å². The molecule has 0 saturated heterocycles. The highest BCUT2D eigenvalue weighted by atomic mass is 79.9. The molecular weight excluding hydrogens is 232 g/mol. The standard InChI is InChI=1S/C9H13BrN2O/c1-9(5-3-2-4-6-9)7-11-8(10)12-13-7/h2-6H2,1H3. The van der Waals surface area contributed by atoms with E-state index < -0.39 is 0 Å². The monoisotopic (exact) mass is 244 g/mol. The minimum Gasteiger partial charge on any atom is -0.338 e. The Balaban J connectivity index is 2.22. The summed E-state index contributed by atoms with van der Waals surface area (Å²) < 4.78 is 5.76. The topological polar surface area (TPSA) is 38.9 Å². The Kier molecular flexibility index (Phi) is 2.41. The molecule has 0 atom stereocenters. The van der Waals surface area contributed by atoms with Gasteiger partial charge < -0.3 is 4.52 Å². The SMILES string of the molecule is CC1(c2nc(Br)no2)CCCCC1. The van der Waals surface area contributed by atoms with Crippen molar-refractivity contribution < 1.29 is 4.52 Å². The smallest absolute Gasteiger partial charge is 0.238 e. The van der Waals surface area contributed by atoms with Crippen molar-refractivity contribution in [2.45, 2.75) is 44.4 Å². The van der Waals surface area contributed by atoms with Gasteiger partial charge in [-0.25, -0.2) is 0 Å². The zero-order valence-electron chi connectivity index (χ0n) is 7.72. The molecule has 2 rings (SSSR count). The van der Waals surface area contributed by atoms with Gasteiger partial charge in [-0.1, -0.05) is 26.2 Å². The Morgan fingerprint density at radius 3 is 2.54 bits per heavy atom. The van der Waals surface area contributed by atoms with E-state index in [0.717, 1.165) is 5.89 Å². The first-order valence-corrected chi connectivity index (χ1v) is 5.50. The van der Waals surface area contributed by atoms with E-state index in [9.17, 15) is 0 Å². The fourth-order valence-corrected chi connectivity index (χ4v) is 2.23. The maximum absolute atomic E-state index is 5.20. The van der Waals surface area contributed by atoms with Crippen LogP contribution in [0.3, 0.4) is 0 Å². The van der Waals surface area contributed by atoms with Crippen LogP contribution in [0.2, 0.25) is 0 Å². The summed E-state index contributed by atoms with van der Waals surface area (Å²) >= 11 is 3.21. The maximum atomic E-state index is 5.20. The van der Waals surface area contributed by atoms with E-state index in [1.807, 2.05) is 0 Å². The lowest BCUT2D eigenvalue weighted by atomic mass is 9.76. The van der Waals surface area contributed by atoms with Crippen molar-refractivity contribution in [3.8, 4) is 0 Å². The molecule has 0 N–H and O–H groups in total. The Bertz CT molecular complexity index is 292. The van der Waals surface area contributed by atoms with Crippen LogP contribution in [0.1, 0.15) is 44.9 Å². The molecule has 0 aliphatic heterocycles. The maximum Gasteiger partial charge on any atom is 0.238 e. The number of hydrogen-bond donors (Lipinski definition) is 0. The van der Waals surface area contributed by atoms with Gasteiger partial charge in [-0.15, -0.1) is 0 Å². The zero-order valence-corrected chi connectivity index (χ0v) is 9.30. The van der Waals surface area contributed by atoms with Gasteiger partial charge in [0.2, 0.25) is 10.6 Å². The van der Waals surface area contributed by atoms with Crippen molar-refractivity contribution in [3.05, 3.63) is 10.6 Å². The van der Waals surface area contributed by atoms with Crippen LogP contribution < -0.4 is 0 Å². The first-order valence-electron chi connectivity index (χ1n) is 4.70. The zero-order chi connectivity index (χ0) is 9.31. The van der Waals surface area contributed by atoms with E-state index in [1.165, 1.54) is 32.1 Å². The van der Waals surface area contributed by atoms with E-state index in [0.29, 0.717) is 4.73 Å². The van der Waals surface area contributed by atoms with E-state index in [1.54, 1.807) is 0 Å². The molecule has 0 radical (unpaired) electrons. The first kappa shape index (κ1) is 9.19. The third-order valence-electron chi connectivity index (χ3n) is 2.87. The Hall–Kier alpha value is -0.380. The number of hydrogen-bond acceptors (Lipinski definition) is 3. The van der Waals surface area contributed by atoms with Crippen LogP contribution in [0.5, 0.6) is 0 Å². The second-order valence-electron chi connectivity index (χ2n) is 3.99. The molecule has 0 spiro atoms. The minimum atomic E-state index is 0.122. The second-order valence-corrected chi connectivity index (χ2v) is 4.70. The molecule has 0 bridgehead atoms. The van der Waals surface area contributed by atoms with Gasteiger partial charge in [0.15, 0.2) is 0 Å². The molecule has 13 heavy (non-hydrogen) atoms. The lowest BCUT2D eigenvalue weighted by Gasteiger charge is -2.29. The molecule has 4 heteroatoms. The summed E-state index contributed by atoms with van der Waals surface area (Å²) in [5, 5.41) is 3.77. The van der Waals surface area contributed by atoms with Gasteiger partial charge in [0.25, 0.3) is 0 Å². The van der Waals surface area contributed by atoms with Gasteiger partial charge in [-0.05, 0) is 33.9 Å². The lowest BCUT2D eigenvalue weighted by molar-refractivity contribution is 0.232. The molecule has 1 aliphatic rings. The Morgan fingerprint density at radius 1 is 1.31 bits per heavy atom. The predicted molar refractivity (Wildman–Crippen MR) is 52.4 cm³/mol. The van der Waals surface area contributed by atoms with Gasteiger partial charge in [-0.2, -0.15) is 4.98 Å². The van der Waals surface area contributed by atoms with Crippen LogP contribution in [0, 0.1) is 0 Å². The first-order chi connectivity index (χ1) is 6.21. The summed E-state index contributed by atoms with van der Waals surface area (Å²) in [5.41, 5.74) is 0.122. The summed E-state index contributed by atoms with van der Waals surface area (Å²) in [6.45, 7) is 2.21. The van der Waals surface area contributed by atoms with Gasteiger partial charge in [0.05, 0.1) is 0 Å². The number of nitrogens with zero attached hydrogens (tertiary/aromatic N) is 2. The van der Waals surface area contributed by atoms with Crippen LogP contribution in [0.15, 0.2) is 9.26 Å². The average Bonchev–Trinajstić information content (AvgIpc) is 2.54. The van der Waals surface area contributed by atoms with Crippen LogP contribution in [0.25, 0.3) is 0 Å². The molecular formula is C9H13BrN2O. The fraction of sp³-hybridized carbons (Fsp3) is 0.778. The number of rotatable bonds is 1. The molecule has 1 aromatic rings. The lowest BCUT2D eigenvalue weighted by Crippen LogP contribution is -2.25. The van der Waals surface area contributed by atoms with Crippen LogP contribution >= 0.6 is 15.9 Å². The summed E-state index contributed by atoms with van der Waals surface area (Å²) in [6, 6.07) is 0. The van der Waals surface area contributed by atoms with E-state index in [4.69, 9.17) is 4.52 Å². The molecule has 0 unspecified atom stereocenters. The normalized spacial score (nSPS) is 21.7. The average molecular weight is 245 g/mol. The molecule has 72 valence electrons. The van der Waals surface area contributed by atoms with Crippen molar-refractivity contribution in [1.29, 1.82) is 0 Å². The van der Waals surface area contributed by atoms with Crippen LogP contribution in [-0.4, -0.2) is 10.1 Å². The highest BCUT2D eigenvalue weighted by Gasteiger charge is 2.34. The van der Waals surface area contributed by atoms with Gasteiger partial charge in [0, 0.05) is 5.41 Å². The van der Waals surface area contributed by atoms with E-state index in [2.05, 4.69) is 33.0 Å². The molecule has 0 aromatic carbocycles.